The summed E-state index contributed by atoms with van der Waals surface area (Å²) in [7, 11) is 0. The number of pyridine rings is 1. The third-order valence-electron chi connectivity index (χ3n) is 4.76. The molecular formula is C20H16Cl2N2O2. The fourth-order valence-electron chi connectivity index (χ4n) is 3.66. The Morgan fingerprint density at radius 3 is 2.58 bits per heavy atom. The first-order valence-corrected chi connectivity index (χ1v) is 9.17. The second-order valence-corrected chi connectivity index (χ2v) is 7.33. The highest BCUT2D eigenvalue weighted by Gasteiger charge is 2.31. The summed E-state index contributed by atoms with van der Waals surface area (Å²) in [5.74, 6) is -0.147. The van der Waals surface area contributed by atoms with Crippen molar-refractivity contribution in [1.29, 1.82) is 0 Å². The van der Waals surface area contributed by atoms with Crippen molar-refractivity contribution in [1.82, 2.24) is 9.88 Å². The number of H-pyrrole nitrogens is 1. The van der Waals surface area contributed by atoms with Crippen LogP contribution in [0, 0.1) is 0 Å². The van der Waals surface area contributed by atoms with Gasteiger partial charge in [0, 0.05) is 33.6 Å². The molecule has 3 aromatic rings. The molecule has 4 nitrogen and oxygen atoms in total. The van der Waals surface area contributed by atoms with Crippen molar-refractivity contribution in [2.75, 3.05) is 6.54 Å². The number of carbonyl (C=O) groups excluding carboxylic acids is 1. The zero-order chi connectivity index (χ0) is 18.3. The summed E-state index contributed by atoms with van der Waals surface area (Å²) in [6.07, 6.45) is 1.73. The number of benzene rings is 2. The van der Waals surface area contributed by atoms with Gasteiger partial charge in [-0.05, 0) is 42.7 Å². The lowest BCUT2D eigenvalue weighted by Gasteiger charge is -2.26. The molecule has 4 rings (SSSR count). The van der Waals surface area contributed by atoms with Gasteiger partial charge in [0.25, 0.3) is 5.91 Å². The number of aromatic amines is 1. The van der Waals surface area contributed by atoms with Crippen LogP contribution in [-0.2, 0) is 0 Å². The molecule has 0 bridgehead atoms. The fraction of sp³-hybridized carbons (Fsp3) is 0.200. The molecule has 1 aliphatic rings. The van der Waals surface area contributed by atoms with Crippen molar-refractivity contribution < 1.29 is 4.79 Å². The second kappa shape index (κ2) is 6.78. The Labute approximate surface area is 160 Å². The number of hydrogen-bond donors (Lipinski definition) is 1. The molecule has 1 aromatic heterocycles. The summed E-state index contributed by atoms with van der Waals surface area (Å²) in [4.78, 5) is 29.9. The number of amides is 1. The molecule has 1 aliphatic heterocycles. The molecule has 132 valence electrons. The van der Waals surface area contributed by atoms with E-state index < -0.39 is 0 Å². The molecule has 1 amide bonds. The number of nitrogens with one attached hydrogen (secondary N) is 1. The van der Waals surface area contributed by atoms with Gasteiger partial charge >= 0.3 is 0 Å². The molecule has 2 heterocycles. The maximum atomic E-state index is 13.3. The van der Waals surface area contributed by atoms with E-state index in [9.17, 15) is 9.59 Å². The van der Waals surface area contributed by atoms with Gasteiger partial charge in [-0.2, -0.15) is 0 Å². The lowest BCUT2D eigenvalue weighted by Crippen LogP contribution is -2.31. The van der Waals surface area contributed by atoms with E-state index in [4.69, 9.17) is 23.2 Å². The Kier molecular flexibility index (Phi) is 4.47. The number of nitrogens with zero attached hydrogens (tertiary/aromatic N) is 1. The second-order valence-electron chi connectivity index (χ2n) is 6.45. The van der Waals surface area contributed by atoms with Crippen molar-refractivity contribution >= 4 is 40.0 Å². The Balaban J connectivity index is 1.77. The van der Waals surface area contributed by atoms with Crippen LogP contribution >= 0.6 is 23.2 Å². The summed E-state index contributed by atoms with van der Waals surface area (Å²) in [6.45, 7) is 0.634. The van der Waals surface area contributed by atoms with Gasteiger partial charge in [0.1, 0.15) is 0 Å². The van der Waals surface area contributed by atoms with Crippen LogP contribution in [0.1, 0.15) is 34.8 Å². The first-order valence-electron chi connectivity index (χ1n) is 8.42. The third kappa shape index (κ3) is 3.11. The number of likely N-dealkylation sites (tertiary alicyclic amines) is 1. The van der Waals surface area contributed by atoms with Crippen molar-refractivity contribution in [3.05, 3.63) is 80.1 Å². The molecule has 6 heteroatoms. The van der Waals surface area contributed by atoms with E-state index in [0.29, 0.717) is 27.7 Å². The van der Waals surface area contributed by atoms with Crippen LogP contribution < -0.4 is 5.56 Å². The molecule has 0 radical (unpaired) electrons. The maximum Gasteiger partial charge on any atom is 0.255 e. The standard InChI is InChI=1S/C20H16Cl2N2O2/c21-13-8-12(9-14(22)10-13)18-6-3-7-24(18)20(26)16-11-19(25)23-17-5-2-1-4-15(16)17/h1-2,4-5,8-11,18H,3,6-7H2,(H,23,25). The van der Waals surface area contributed by atoms with E-state index in [0.717, 1.165) is 23.8 Å². The van der Waals surface area contributed by atoms with Crippen molar-refractivity contribution in [2.45, 2.75) is 18.9 Å². The van der Waals surface area contributed by atoms with Gasteiger partial charge in [-0.3, -0.25) is 9.59 Å². The Morgan fingerprint density at radius 1 is 1.08 bits per heavy atom. The van der Waals surface area contributed by atoms with Crippen LogP contribution in [0.25, 0.3) is 10.9 Å². The van der Waals surface area contributed by atoms with Gasteiger partial charge < -0.3 is 9.88 Å². The Bertz CT molecular complexity index is 1040. The minimum absolute atomic E-state index is 0.100. The van der Waals surface area contributed by atoms with Gasteiger partial charge in [-0.25, -0.2) is 0 Å². The van der Waals surface area contributed by atoms with E-state index in [-0.39, 0.29) is 17.5 Å². The number of rotatable bonds is 2. The predicted octanol–water partition coefficient (Wildman–Crippen LogP) is 4.81. The molecule has 0 aliphatic carbocycles. The topological polar surface area (TPSA) is 53.2 Å². The van der Waals surface area contributed by atoms with E-state index in [2.05, 4.69) is 4.98 Å². The molecule has 1 N–H and O–H groups in total. The first kappa shape index (κ1) is 17.1. The fourth-order valence-corrected chi connectivity index (χ4v) is 4.20. The van der Waals surface area contributed by atoms with E-state index in [1.807, 2.05) is 35.2 Å². The summed E-state index contributed by atoms with van der Waals surface area (Å²) < 4.78 is 0. The Hall–Kier alpha value is -2.30. The maximum absolute atomic E-state index is 13.3. The molecule has 0 saturated carbocycles. The van der Waals surface area contributed by atoms with E-state index >= 15 is 0 Å². The lowest BCUT2D eigenvalue weighted by molar-refractivity contribution is 0.0737. The molecule has 2 aromatic carbocycles. The zero-order valence-electron chi connectivity index (χ0n) is 13.8. The highest BCUT2D eigenvalue weighted by Crippen LogP contribution is 2.36. The lowest BCUT2D eigenvalue weighted by atomic mass is 10.0. The summed E-state index contributed by atoms with van der Waals surface area (Å²) in [6, 6.07) is 14.0. The van der Waals surface area contributed by atoms with E-state index in [1.54, 1.807) is 12.1 Å². The number of hydrogen-bond acceptors (Lipinski definition) is 2. The zero-order valence-corrected chi connectivity index (χ0v) is 15.3. The quantitative estimate of drug-likeness (QED) is 0.686. The number of fused-ring (bicyclic) bond motifs is 1. The summed E-state index contributed by atoms with van der Waals surface area (Å²) in [5.41, 5.74) is 1.71. The average Bonchev–Trinajstić information content (AvgIpc) is 3.09. The number of para-hydroxylation sites is 1. The highest BCUT2D eigenvalue weighted by molar-refractivity contribution is 6.34. The molecule has 1 fully saturated rings. The molecule has 0 spiro atoms. The van der Waals surface area contributed by atoms with Crippen LogP contribution in [0.3, 0.4) is 0 Å². The molecule has 26 heavy (non-hydrogen) atoms. The minimum Gasteiger partial charge on any atom is -0.332 e. The molecule has 1 saturated heterocycles. The third-order valence-corrected chi connectivity index (χ3v) is 5.20. The van der Waals surface area contributed by atoms with Gasteiger partial charge in [0.2, 0.25) is 5.56 Å². The summed E-state index contributed by atoms with van der Waals surface area (Å²) in [5, 5.41) is 1.84. The molecular weight excluding hydrogens is 371 g/mol. The molecule has 1 atom stereocenters. The van der Waals surface area contributed by atoms with E-state index in [1.165, 1.54) is 6.07 Å². The number of halogens is 2. The van der Waals surface area contributed by atoms with Crippen molar-refractivity contribution in [3.8, 4) is 0 Å². The van der Waals surface area contributed by atoms with Crippen LogP contribution in [0.15, 0.2) is 53.3 Å². The van der Waals surface area contributed by atoms with Crippen molar-refractivity contribution in [3.63, 3.8) is 0 Å². The van der Waals surface area contributed by atoms with Crippen LogP contribution in [0.5, 0.6) is 0 Å². The number of aromatic nitrogens is 1. The first-order chi connectivity index (χ1) is 12.5. The van der Waals surface area contributed by atoms with Crippen LogP contribution in [0.4, 0.5) is 0 Å². The van der Waals surface area contributed by atoms with Crippen LogP contribution in [0.2, 0.25) is 10.0 Å². The van der Waals surface area contributed by atoms with Gasteiger partial charge in [-0.15, -0.1) is 0 Å². The number of carbonyl (C=O) groups is 1. The minimum atomic E-state index is -0.284. The van der Waals surface area contributed by atoms with Gasteiger partial charge in [0.15, 0.2) is 0 Å². The monoisotopic (exact) mass is 386 g/mol. The summed E-state index contributed by atoms with van der Waals surface area (Å²) >= 11 is 12.3. The highest BCUT2D eigenvalue weighted by atomic mass is 35.5. The smallest absolute Gasteiger partial charge is 0.255 e. The normalized spacial score (nSPS) is 17.0. The van der Waals surface area contributed by atoms with Gasteiger partial charge in [-0.1, -0.05) is 41.4 Å². The predicted molar refractivity (Wildman–Crippen MR) is 104 cm³/mol. The average molecular weight is 387 g/mol. The SMILES string of the molecule is O=C(c1cc(=O)[nH]c2ccccc12)N1CCCC1c1cc(Cl)cc(Cl)c1. The van der Waals surface area contributed by atoms with Crippen molar-refractivity contribution in [2.24, 2.45) is 0 Å². The van der Waals surface area contributed by atoms with Gasteiger partial charge in [0.05, 0.1) is 11.6 Å². The van der Waals surface area contributed by atoms with Crippen LogP contribution in [-0.4, -0.2) is 22.3 Å². The molecule has 1 unspecified atom stereocenters. The Morgan fingerprint density at radius 2 is 1.81 bits per heavy atom. The largest absolute Gasteiger partial charge is 0.332 e.